The summed E-state index contributed by atoms with van der Waals surface area (Å²) in [6, 6.07) is 6.75. The zero-order chi connectivity index (χ0) is 23.9. The summed E-state index contributed by atoms with van der Waals surface area (Å²) in [5.74, 6) is -3.18. The average Bonchev–Trinajstić information content (AvgIpc) is 3.11. The van der Waals surface area contributed by atoms with E-state index in [1.165, 1.54) is 29.2 Å². The molecule has 0 radical (unpaired) electrons. The molecular formula is C23H20ClN3O6. The number of aryl methyl sites for hydroxylation is 1. The number of phenols is 1. The van der Waals surface area contributed by atoms with Crippen molar-refractivity contribution in [3.05, 3.63) is 63.2 Å². The number of fused-ring (bicyclic) bond motifs is 1. The number of hydrogen-bond acceptors (Lipinski definition) is 6. The number of rotatable bonds is 5. The van der Waals surface area contributed by atoms with Crippen molar-refractivity contribution in [2.45, 2.75) is 38.9 Å². The van der Waals surface area contributed by atoms with E-state index in [2.05, 4.69) is 10.6 Å². The Hall–Kier alpha value is -3.72. The zero-order valence-corrected chi connectivity index (χ0v) is 18.4. The maximum Gasteiger partial charge on any atom is 0.292 e. The minimum absolute atomic E-state index is 0.00510. The van der Waals surface area contributed by atoms with Gasteiger partial charge in [-0.1, -0.05) is 29.8 Å². The number of carbonyl (C=O) groups is 5. The smallest absolute Gasteiger partial charge is 0.292 e. The summed E-state index contributed by atoms with van der Waals surface area (Å²) < 4.78 is 0. The average molecular weight is 470 g/mol. The molecule has 0 bridgehead atoms. The van der Waals surface area contributed by atoms with Gasteiger partial charge in [-0.2, -0.15) is 0 Å². The molecule has 1 unspecified atom stereocenters. The lowest BCUT2D eigenvalue weighted by molar-refractivity contribution is -0.137. The van der Waals surface area contributed by atoms with Gasteiger partial charge in [0.2, 0.25) is 17.6 Å². The number of amides is 4. The maximum atomic E-state index is 12.8. The van der Waals surface area contributed by atoms with Gasteiger partial charge in [-0.05, 0) is 31.0 Å². The largest absolute Gasteiger partial charge is 0.507 e. The highest BCUT2D eigenvalue weighted by Crippen LogP contribution is 2.35. The highest BCUT2D eigenvalue weighted by molar-refractivity contribution is 6.43. The lowest BCUT2D eigenvalue weighted by atomic mass is 10.0. The van der Waals surface area contributed by atoms with Crippen LogP contribution in [0.25, 0.3) is 0 Å². The van der Waals surface area contributed by atoms with Crippen molar-refractivity contribution in [3.63, 3.8) is 0 Å². The second-order valence-electron chi connectivity index (χ2n) is 7.98. The van der Waals surface area contributed by atoms with Gasteiger partial charge in [0.15, 0.2) is 0 Å². The van der Waals surface area contributed by atoms with E-state index < -0.39 is 29.5 Å². The molecule has 2 aliphatic rings. The van der Waals surface area contributed by atoms with Gasteiger partial charge in [0.05, 0.1) is 6.54 Å². The van der Waals surface area contributed by atoms with Gasteiger partial charge < -0.3 is 15.3 Å². The number of carbonyl (C=O) groups excluding carboxylic acids is 5. The first-order valence-electron chi connectivity index (χ1n) is 10.2. The summed E-state index contributed by atoms with van der Waals surface area (Å²) in [6.45, 7) is 1.63. The van der Waals surface area contributed by atoms with Crippen LogP contribution in [0.4, 0.5) is 0 Å². The molecule has 170 valence electrons. The van der Waals surface area contributed by atoms with Gasteiger partial charge in [0.1, 0.15) is 11.8 Å². The van der Waals surface area contributed by atoms with Gasteiger partial charge >= 0.3 is 0 Å². The van der Waals surface area contributed by atoms with Gasteiger partial charge in [0.25, 0.3) is 11.8 Å². The number of nitrogens with zero attached hydrogens (tertiary/aromatic N) is 1. The quantitative estimate of drug-likeness (QED) is 0.346. The molecule has 1 fully saturated rings. The fourth-order valence-corrected chi connectivity index (χ4v) is 4.12. The van der Waals surface area contributed by atoms with E-state index in [-0.39, 0.29) is 48.7 Å². The number of phenolic OH excluding ortho intramolecular Hbond substituents is 1. The molecule has 3 N–H and O–H groups in total. The third-order valence-corrected chi connectivity index (χ3v) is 6.26. The van der Waals surface area contributed by atoms with Crippen LogP contribution in [0.2, 0.25) is 5.02 Å². The van der Waals surface area contributed by atoms with E-state index in [0.29, 0.717) is 16.1 Å². The molecule has 0 saturated carbocycles. The third kappa shape index (κ3) is 4.19. The standard InChI is InChI=1S/C23H20ClN3O6/c1-11-2-3-12(8-16(11)24)20(30)22(32)25-9-13-4-5-14-15(19(13)29)10-27(23(14)33)17-6-7-18(28)26-21(17)31/h2-5,8,17,29H,6-7,9-10H2,1H3,(H,25,32)(H,26,28,31). The summed E-state index contributed by atoms with van der Waals surface area (Å²) in [4.78, 5) is 62.3. The monoisotopic (exact) mass is 469 g/mol. The first-order valence-corrected chi connectivity index (χ1v) is 10.6. The predicted molar refractivity (Wildman–Crippen MR) is 117 cm³/mol. The van der Waals surface area contributed by atoms with Gasteiger partial charge in [-0.25, -0.2) is 0 Å². The SMILES string of the molecule is Cc1ccc(C(=O)C(=O)NCc2ccc3c(c2O)CN(C2CCC(=O)NC2=O)C3=O)cc1Cl. The lowest BCUT2D eigenvalue weighted by Crippen LogP contribution is -2.52. The van der Waals surface area contributed by atoms with Crippen molar-refractivity contribution >= 4 is 41.0 Å². The van der Waals surface area contributed by atoms with Crippen LogP contribution in [-0.4, -0.2) is 45.5 Å². The van der Waals surface area contributed by atoms with Crippen molar-refractivity contribution in [3.8, 4) is 5.75 Å². The Morgan fingerprint density at radius 3 is 2.67 bits per heavy atom. The maximum absolute atomic E-state index is 12.8. The van der Waals surface area contributed by atoms with Gasteiger partial charge in [-0.3, -0.25) is 29.3 Å². The van der Waals surface area contributed by atoms with Crippen LogP contribution >= 0.6 is 11.6 Å². The fourth-order valence-electron chi connectivity index (χ4n) is 3.94. The molecule has 2 aromatic rings. The Kier molecular flexibility index (Phi) is 5.90. The third-order valence-electron chi connectivity index (χ3n) is 5.85. The van der Waals surface area contributed by atoms with Crippen LogP contribution in [0.1, 0.15) is 50.2 Å². The van der Waals surface area contributed by atoms with Crippen molar-refractivity contribution in [2.75, 3.05) is 0 Å². The van der Waals surface area contributed by atoms with Gasteiger partial charge in [0, 0.05) is 40.2 Å². The van der Waals surface area contributed by atoms with E-state index >= 15 is 0 Å². The number of aromatic hydroxyl groups is 1. The molecule has 0 aliphatic carbocycles. The summed E-state index contributed by atoms with van der Waals surface area (Å²) in [5.41, 5.74) is 1.81. The van der Waals surface area contributed by atoms with Crippen molar-refractivity contribution in [2.24, 2.45) is 0 Å². The summed E-state index contributed by atoms with van der Waals surface area (Å²) in [6.07, 6.45) is 0.333. The van der Waals surface area contributed by atoms with E-state index in [9.17, 15) is 29.1 Å². The van der Waals surface area contributed by atoms with E-state index in [0.717, 1.165) is 5.56 Å². The summed E-state index contributed by atoms with van der Waals surface area (Å²) in [7, 11) is 0. The first-order chi connectivity index (χ1) is 15.7. The Morgan fingerprint density at radius 1 is 1.21 bits per heavy atom. The molecule has 33 heavy (non-hydrogen) atoms. The molecular weight excluding hydrogens is 450 g/mol. The Balaban J connectivity index is 1.46. The number of hydrogen-bond donors (Lipinski definition) is 3. The molecule has 10 heteroatoms. The minimum atomic E-state index is -0.865. The number of imide groups is 1. The van der Waals surface area contributed by atoms with E-state index in [4.69, 9.17) is 11.6 Å². The normalized spacial score (nSPS) is 17.6. The molecule has 2 aromatic carbocycles. The Morgan fingerprint density at radius 2 is 1.97 bits per heavy atom. The molecule has 4 amide bonds. The van der Waals surface area contributed by atoms with Crippen LogP contribution in [0.15, 0.2) is 30.3 Å². The number of Topliss-reactive ketones (excluding diaryl/α,β-unsaturated/α-hetero) is 1. The highest BCUT2D eigenvalue weighted by atomic mass is 35.5. The van der Waals surface area contributed by atoms with Crippen LogP contribution < -0.4 is 10.6 Å². The van der Waals surface area contributed by atoms with Crippen LogP contribution in [0.3, 0.4) is 0 Å². The van der Waals surface area contributed by atoms with Crippen molar-refractivity contribution < 1.29 is 29.1 Å². The lowest BCUT2D eigenvalue weighted by Gasteiger charge is -2.29. The van der Waals surface area contributed by atoms with E-state index in [1.807, 2.05) is 0 Å². The topological polar surface area (TPSA) is 133 Å². The molecule has 2 aliphatic heterocycles. The number of piperidine rings is 1. The predicted octanol–water partition coefficient (Wildman–Crippen LogP) is 1.61. The minimum Gasteiger partial charge on any atom is -0.507 e. The zero-order valence-electron chi connectivity index (χ0n) is 17.6. The molecule has 0 aromatic heterocycles. The fraction of sp³-hybridized carbons (Fsp3) is 0.261. The Labute approximate surface area is 193 Å². The molecule has 2 heterocycles. The molecule has 9 nitrogen and oxygen atoms in total. The van der Waals surface area contributed by atoms with E-state index in [1.54, 1.807) is 13.0 Å². The summed E-state index contributed by atoms with van der Waals surface area (Å²) >= 11 is 6.02. The van der Waals surface area contributed by atoms with Gasteiger partial charge in [-0.15, -0.1) is 0 Å². The number of nitrogens with one attached hydrogen (secondary N) is 2. The number of halogens is 1. The second kappa shape index (κ2) is 8.67. The highest BCUT2D eigenvalue weighted by Gasteiger charge is 2.40. The Bertz CT molecular complexity index is 1220. The number of benzene rings is 2. The van der Waals surface area contributed by atoms with Crippen molar-refractivity contribution in [1.82, 2.24) is 15.5 Å². The molecule has 1 saturated heterocycles. The van der Waals surface area contributed by atoms with Crippen LogP contribution in [0, 0.1) is 6.92 Å². The second-order valence-corrected chi connectivity index (χ2v) is 8.38. The molecule has 4 rings (SSSR count). The summed E-state index contributed by atoms with van der Waals surface area (Å²) in [5, 5.41) is 15.8. The first kappa shape index (κ1) is 22.5. The van der Waals surface area contributed by atoms with Crippen molar-refractivity contribution in [1.29, 1.82) is 0 Å². The van der Waals surface area contributed by atoms with Crippen LogP contribution in [-0.2, 0) is 27.5 Å². The number of ketones is 1. The molecule has 1 atom stereocenters. The van der Waals surface area contributed by atoms with Crippen LogP contribution in [0.5, 0.6) is 5.75 Å². The molecule has 0 spiro atoms.